The highest BCUT2D eigenvalue weighted by Crippen LogP contribution is 2.27. The van der Waals surface area contributed by atoms with Crippen LogP contribution in [-0.4, -0.2) is 55.0 Å². The predicted molar refractivity (Wildman–Crippen MR) is 114 cm³/mol. The lowest BCUT2D eigenvalue weighted by atomic mass is 10.1. The fourth-order valence-corrected chi connectivity index (χ4v) is 3.61. The van der Waals surface area contributed by atoms with E-state index in [1.807, 2.05) is 6.92 Å². The molecule has 2 saturated heterocycles. The van der Waals surface area contributed by atoms with E-state index in [2.05, 4.69) is 15.6 Å². The number of ether oxygens (including phenoxy) is 1. The molecule has 1 aromatic carbocycles. The molecule has 1 amide bonds. The highest BCUT2D eigenvalue weighted by Gasteiger charge is 2.32. The van der Waals surface area contributed by atoms with Crippen LogP contribution in [0.2, 0.25) is 0 Å². The third kappa shape index (κ3) is 3.97. The Bertz CT molecular complexity index is 1010. The molecule has 0 bridgehead atoms. The molecule has 0 atom stereocenters. The molecular weight excluding hydrogens is 409 g/mol. The molecular formula is C21H23ClFN5O2. The third-order valence-corrected chi connectivity index (χ3v) is 5.94. The highest BCUT2D eigenvalue weighted by molar-refractivity contribution is 6.43. The van der Waals surface area contributed by atoms with Gasteiger partial charge in [0.2, 0.25) is 0 Å². The zero-order chi connectivity index (χ0) is 21.4. The fraction of sp³-hybridized carbons (Fsp3) is 0.381. The van der Waals surface area contributed by atoms with Crippen LogP contribution in [0, 0.1) is 17.1 Å². The van der Waals surface area contributed by atoms with Crippen molar-refractivity contribution < 1.29 is 13.9 Å². The lowest BCUT2D eigenvalue weighted by Gasteiger charge is -2.27. The van der Waals surface area contributed by atoms with Gasteiger partial charge in [0.1, 0.15) is 17.4 Å². The number of benzene rings is 1. The monoisotopic (exact) mass is 431 g/mol. The number of aliphatic imine (C=N–C) groups is 1. The Hall–Kier alpha value is -2.71. The van der Waals surface area contributed by atoms with Crippen molar-refractivity contribution in [1.29, 1.82) is 5.41 Å². The Labute approximate surface area is 179 Å². The maximum absolute atomic E-state index is 13.8. The Morgan fingerprint density at radius 3 is 2.80 bits per heavy atom. The van der Waals surface area contributed by atoms with Crippen LogP contribution >= 0.6 is 11.6 Å². The van der Waals surface area contributed by atoms with Gasteiger partial charge in [-0.25, -0.2) is 9.38 Å². The molecule has 7 nitrogen and oxygen atoms in total. The van der Waals surface area contributed by atoms with E-state index in [0.717, 1.165) is 18.8 Å². The second kappa shape index (κ2) is 8.20. The van der Waals surface area contributed by atoms with Gasteiger partial charge in [-0.15, -0.1) is 0 Å². The van der Waals surface area contributed by atoms with Gasteiger partial charge >= 0.3 is 0 Å². The van der Waals surface area contributed by atoms with E-state index in [4.69, 9.17) is 21.7 Å². The van der Waals surface area contributed by atoms with Crippen molar-refractivity contribution in [3.8, 4) is 5.75 Å². The molecule has 0 unspecified atom stereocenters. The molecule has 1 aromatic rings. The molecule has 3 N–H and O–H groups in total. The molecule has 4 rings (SSSR count). The summed E-state index contributed by atoms with van der Waals surface area (Å²) >= 11 is 6.18. The fourth-order valence-electron chi connectivity index (χ4n) is 3.52. The lowest BCUT2D eigenvalue weighted by molar-refractivity contribution is 0.0797. The van der Waals surface area contributed by atoms with E-state index in [9.17, 15) is 9.18 Å². The number of allylic oxidation sites excluding steroid dienone is 2. The Balaban J connectivity index is 1.55. The van der Waals surface area contributed by atoms with Crippen LogP contribution in [0.4, 0.5) is 4.39 Å². The van der Waals surface area contributed by atoms with Gasteiger partial charge in [-0.3, -0.25) is 4.79 Å². The quantitative estimate of drug-likeness (QED) is 0.683. The van der Waals surface area contributed by atoms with Crippen molar-refractivity contribution in [2.24, 2.45) is 10.9 Å². The van der Waals surface area contributed by atoms with E-state index in [1.165, 1.54) is 23.1 Å². The molecule has 2 fully saturated rings. The number of carbonyl (C=O) groups excluding carboxylic acids is 1. The van der Waals surface area contributed by atoms with Crippen LogP contribution in [0.25, 0.3) is 0 Å². The van der Waals surface area contributed by atoms with Crippen molar-refractivity contribution in [2.75, 3.05) is 32.8 Å². The summed E-state index contributed by atoms with van der Waals surface area (Å²) in [6, 6.07) is 3.93. The van der Waals surface area contributed by atoms with Gasteiger partial charge in [-0.1, -0.05) is 11.6 Å². The molecule has 0 radical (unpaired) electrons. The zero-order valence-corrected chi connectivity index (χ0v) is 17.6. The molecule has 30 heavy (non-hydrogen) atoms. The molecule has 0 spiro atoms. The first-order valence-electron chi connectivity index (χ1n) is 9.76. The number of carbonyl (C=O) groups is 1. The van der Waals surface area contributed by atoms with Crippen LogP contribution in [0.5, 0.6) is 5.75 Å². The van der Waals surface area contributed by atoms with E-state index in [-0.39, 0.29) is 30.3 Å². The average Bonchev–Trinajstić information content (AvgIpc) is 3.06. The second-order valence-electron chi connectivity index (χ2n) is 7.70. The summed E-state index contributed by atoms with van der Waals surface area (Å²) in [7, 11) is 0. The normalized spacial score (nSPS) is 22.1. The zero-order valence-electron chi connectivity index (χ0n) is 16.8. The van der Waals surface area contributed by atoms with E-state index >= 15 is 0 Å². The van der Waals surface area contributed by atoms with Gasteiger partial charge in [0.25, 0.3) is 5.91 Å². The number of hydrogen-bond donors (Lipinski definition) is 3. The van der Waals surface area contributed by atoms with Gasteiger partial charge < -0.3 is 25.7 Å². The minimum atomic E-state index is -0.458. The number of likely N-dealkylation sites (tertiary alicyclic amines) is 1. The molecule has 3 heterocycles. The Kier molecular flexibility index (Phi) is 5.62. The van der Waals surface area contributed by atoms with Crippen molar-refractivity contribution in [2.45, 2.75) is 13.8 Å². The maximum atomic E-state index is 13.8. The molecule has 9 heteroatoms. The SMILES string of the molecule is CC1=N/C(=C2\CN(C(=O)c3ccc(F)cc3OCC3CNC3)CC2=N)NC(C)=C1Cl. The number of amides is 1. The van der Waals surface area contributed by atoms with Gasteiger partial charge in [0.05, 0.1) is 41.7 Å². The first-order valence-corrected chi connectivity index (χ1v) is 10.1. The molecule has 158 valence electrons. The second-order valence-corrected chi connectivity index (χ2v) is 8.08. The van der Waals surface area contributed by atoms with Crippen molar-refractivity contribution in [1.82, 2.24) is 15.5 Å². The summed E-state index contributed by atoms with van der Waals surface area (Å²) in [6.45, 7) is 6.13. The lowest BCUT2D eigenvalue weighted by Crippen LogP contribution is -2.45. The minimum absolute atomic E-state index is 0.147. The summed E-state index contributed by atoms with van der Waals surface area (Å²) in [6.07, 6.45) is 0. The van der Waals surface area contributed by atoms with E-state index in [0.29, 0.717) is 40.4 Å². The number of halogens is 2. The van der Waals surface area contributed by atoms with Crippen LogP contribution in [0.15, 0.2) is 45.3 Å². The summed E-state index contributed by atoms with van der Waals surface area (Å²) in [5.41, 5.74) is 2.64. The smallest absolute Gasteiger partial charge is 0.258 e. The van der Waals surface area contributed by atoms with Crippen LogP contribution < -0.4 is 15.4 Å². The van der Waals surface area contributed by atoms with Crippen molar-refractivity contribution >= 4 is 28.9 Å². The van der Waals surface area contributed by atoms with Crippen LogP contribution in [0.3, 0.4) is 0 Å². The van der Waals surface area contributed by atoms with Crippen LogP contribution in [0.1, 0.15) is 24.2 Å². The van der Waals surface area contributed by atoms with Gasteiger partial charge in [0.15, 0.2) is 0 Å². The molecule has 0 aromatic heterocycles. The topological polar surface area (TPSA) is 89.8 Å². The molecule has 3 aliphatic rings. The summed E-state index contributed by atoms with van der Waals surface area (Å²) in [5, 5.41) is 15.2. The molecule has 0 saturated carbocycles. The first-order chi connectivity index (χ1) is 14.3. The van der Waals surface area contributed by atoms with Gasteiger partial charge in [-0.05, 0) is 26.0 Å². The minimum Gasteiger partial charge on any atom is -0.492 e. The van der Waals surface area contributed by atoms with Gasteiger partial charge in [0, 0.05) is 36.3 Å². The first kappa shape index (κ1) is 20.6. The summed E-state index contributed by atoms with van der Waals surface area (Å²) in [5.74, 6) is 0.353. The third-order valence-electron chi connectivity index (χ3n) is 5.38. The van der Waals surface area contributed by atoms with Crippen molar-refractivity contribution in [3.05, 3.63) is 51.7 Å². The highest BCUT2D eigenvalue weighted by atomic mass is 35.5. The van der Waals surface area contributed by atoms with Crippen molar-refractivity contribution in [3.63, 3.8) is 0 Å². The largest absolute Gasteiger partial charge is 0.492 e. The Morgan fingerprint density at radius 2 is 2.13 bits per heavy atom. The predicted octanol–water partition coefficient (Wildman–Crippen LogP) is 2.65. The Morgan fingerprint density at radius 1 is 1.37 bits per heavy atom. The average molecular weight is 432 g/mol. The molecule has 3 aliphatic heterocycles. The van der Waals surface area contributed by atoms with E-state index in [1.54, 1.807) is 6.92 Å². The molecule has 0 aliphatic carbocycles. The van der Waals surface area contributed by atoms with E-state index < -0.39 is 5.82 Å². The van der Waals surface area contributed by atoms with Crippen LogP contribution in [-0.2, 0) is 0 Å². The number of nitrogens with one attached hydrogen (secondary N) is 3. The van der Waals surface area contributed by atoms with Gasteiger partial charge in [-0.2, -0.15) is 0 Å². The number of hydrogen-bond acceptors (Lipinski definition) is 6. The maximum Gasteiger partial charge on any atom is 0.258 e. The number of rotatable bonds is 4. The summed E-state index contributed by atoms with van der Waals surface area (Å²) in [4.78, 5) is 19.1. The standard InChI is InChI=1S/C21H23ClFN5O2/c1-11-19(22)12(2)27-20(26-11)16-8-28(9-17(16)24)21(29)15-4-3-14(23)5-18(15)30-10-13-6-25-7-13/h3-5,13,24-26H,6-10H2,1-2H3/b20-16+,24-17?. The summed E-state index contributed by atoms with van der Waals surface area (Å²) < 4.78 is 19.5. The number of nitrogens with zero attached hydrogens (tertiary/aromatic N) is 2.